The summed E-state index contributed by atoms with van der Waals surface area (Å²) in [4.78, 5) is 66.5. The molecule has 6 N–H and O–H groups in total. The average Bonchev–Trinajstić information content (AvgIpc) is 2.94. The molecule has 208 valence electrons. The third-order valence-electron chi connectivity index (χ3n) is 4.40. The summed E-state index contributed by atoms with van der Waals surface area (Å²) in [6.07, 6.45) is 8.14. The molecule has 12 nitrogen and oxygen atoms in total. The van der Waals surface area contributed by atoms with Crippen LogP contribution in [0.15, 0.2) is 75.9 Å². The van der Waals surface area contributed by atoms with Gasteiger partial charge in [0.15, 0.2) is 0 Å². The summed E-state index contributed by atoms with van der Waals surface area (Å²) >= 11 is 0. The summed E-state index contributed by atoms with van der Waals surface area (Å²) in [5, 5.41) is 15.6. The summed E-state index contributed by atoms with van der Waals surface area (Å²) in [5.74, 6) is -1.95. The number of carbonyl (C=O) groups is 6. The van der Waals surface area contributed by atoms with Crippen LogP contribution in [0.4, 0.5) is 0 Å². The molecule has 0 aliphatic rings. The molecule has 0 saturated heterocycles. The van der Waals surface area contributed by atoms with Gasteiger partial charge in [-0.05, 0) is 49.3 Å². The number of hydrogen-bond acceptors (Lipinski definition) is 6. The van der Waals surface area contributed by atoms with Gasteiger partial charge in [-0.15, -0.1) is 0 Å². The Balaban J connectivity index is 0. The van der Waals surface area contributed by atoms with Crippen molar-refractivity contribution in [3.8, 4) is 0 Å². The van der Waals surface area contributed by atoms with Crippen LogP contribution in [-0.4, -0.2) is 73.7 Å². The first kappa shape index (κ1) is 35.4. The highest BCUT2D eigenvalue weighted by Crippen LogP contribution is 1.96. The first-order valence-corrected chi connectivity index (χ1v) is 11.5. The molecule has 0 aliphatic heterocycles. The Kier molecular flexibility index (Phi) is 21.2. The molecule has 0 aromatic rings. The number of hydrogen-bond donors (Lipinski definition) is 6. The quantitative estimate of drug-likeness (QED) is 0.101. The van der Waals surface area contributed by atoms with Crippen molar-refractivity contribution >= 4 is 35.4 Å². The molecule has 0 saturated carbocycles. The molecule has 1 unspecified atom stereocenters. The van der Waals surface area contributed by atoms with Gasteiger partial charge in [0.05, 0.1) is 6.04 Å². The molecule has 0 aromatic carbocycles. The second kappa shape index (κ2) is 22.7. The van der Waals surface area contributed by atoms with Crippen LogP contribution in [-0.2, 0) is 28.8 Å². The van der Waals surface area contributed by atoms with E-state index in [1.165, 1.54) is 12.2 Å². The summed E-state index contributed by atoms with van der Waals surface area (Å²) in [6.45, 7) is 21.1. The number of amides is 6. The van der Waals surface area contributed by atoms with E-state index < -0.39 is 6.04 Å². The number of nitrogens with one attached hydrogen (secondary N) is 6. The molecule has 0 spiro atoms. The molecule has 0 bridgehead atoms. The molecule has 0 rings (SSSR count). The van der Waals surface area contributed by atoms with Crippen LogP contribution in [0.5, 0.6) is 0 Å². The van der Waals surface area contributed by atoms with Crippen LogP contribution >= 0.6 is 0 Å². The molecule has 0 fully saturated rings. The maximum Gasteiger partial charge on any atom is 0.243 e. The third-order valence-corrected chi connectivity index (χ3v) is 4.40. The van der Waals surface area contributed by atoms with E-state index in [9.17, 15) is 28.8 Å². The molecule has 0 aromatic heterocycles. The van der Waals surface area contributed by atoms with E-state index in [0.29, 0.717) is 25.9 Å². The molecule has 1 atom stereocenters. The predicted molar refractivity (Wildman–Crippen MR) is 146 cm³/mol. The van der Waals surface area contributed by atoms with Gasteiger partial charge < -0.3 is 31.9 Å². The molecule has 12 heteroatoms. The lowest BCUT2D eigenvalue weighted by Gasteiger charge is -2.18. The van der Waals surface area contributed by atoms with Crippen molar-refractivity contribution < 1.29 is 28.8 Å². The molecule has 0 heterocycles. The minimum absolute atomic E-state index is 0.169. The Labute approximate surface area is 223 Å². The van der Waals surface area contributed by atoms with E-state index in [2.05, 4.69) is 71.4 Å². The largest absolute Gasteiger partial charge is 0.353 e. The minimum atomic E-state index is -0.441. The van der Waals surface area contributed by atoms with Crippen LogP contribution in [0.3, 0.4) is 0 Å². The zero-order valence-electron chi connectivity index (χ0n) is 21.6. The fraction of sp³-hybridized carbons (Fsp3) is 0.308. The van der Waals surface area contributed by atoms with Crippen LogP contribution < -0.4 is 31.9 Å². The smallest absolute Gasteiger partial charge is 0.243 e. The van der Waals surface area contributed by atoms with Crippen LogP contribution in [0.25, 0.3) is 0 Å². The average molecular weight is 531 g/mol. The van der Waals surface area contributed by atoms with E-state index >= 15 is 0 Å². The van der Waals surface area contributed by atoms with E-state index in [1.807, 2.05) is 0 Å². The highest BCUT2D eigenvalue weighted by Gasteiger charge is 2.12. The van der Waals surface area contributed by atoms with Crippen LogP contribution in [0.1, 0.15) is 12.8 Å². The first-order chi connectivity index (χ1) is 18.1. The monoisotopic (exact) mass is 530 g/mol. The fourth-order valence-corrected chi connectivity index (χ4v) is 2.44. The van der Waals surface area contributed by atoms with Gasteiger partial charge in [0.25, 0.3) is 0 Å². The minimum Gasteiger partial charge on any atom is -0.353 e. The zero-order valence-corrected chi connectivity index (χ0v) is 21.6. The summed E-state index contributed by atoms with van der Waals surface area (Å²) < 4.78 is 0. The third kappa shape index (κ3) is 20.6. The van der Waals surface area contributed by atoms with Gasteiger partial charge in [-0.25, -0.2) is 0 Å². The molecule has 38 heavy (non-hydrogen) atoms. The van der Waals surface area contributed by atoms with Crippen molar-refractivity contribution in [1.82, 2.24) is 31.9 Å². The normalized spacial score (nSPS) is 10.0. The van der Waals surface area contributed by atoms with Crippen molar-refractivity contribution in [2.24, 2.45) is 0 Å². The Hall–Kier alpha value is -4.74. The van der Waals surface area contributed by atoms with Crippen molar-refractivity contribution in [2.75, 3.05) is 26.2 Å². The maximum absolute atomic E-state index is 11.3. The van der Waals surface area contributed by atoms with Crippen molar-refractivity contribution in [1.29, 1.82) is 0 Å². The zero-order chi connectivity index (χ0) is 29.3. The Morgan fingerprint density at radius 2 is 0.789 bits per heavy atom. The lowest BCUT2D eigenvalue weighted by atomic mass is 10.1. The van der Waals surface area contributed by atoms with E-state index in [-0.39, 0.29) is 54.6 Å². The topological polar surface area (TPSA) is 175 Å². The Morgan fingerprint density at radius 1 is 0.474 bits per heavy atom. The second-order valence-electron chi connectivity index (χ2n) is 7.30. The van der Waals surface area contributed by atoms with Crippen LogP contribution in [0.2, 0.25) is 0 Å². The molecular weight excluding hydrogens is 492 g/mol. The standard InChI is InChI=1S/C14H21N3O3.C12H17N3O3/c1-4-12(18)15-9-7-8-11(17-14(20)6-3)10-16-13(19)5-2;1-4-10(16)13-7-9(15-12(18)6-3)8-14-11(17)5-2/h4-6,11H,1-3,7-10H2,(H,15,18)(H,16,19)(H,17,20);4-6,9H,1-3,7-8H2,(H,13,16)(H,14,17)(H,15,18). The highest BCUT2D eigenvalue weighted by molar-refractivity contribution is 5.89. The molecular formula is C26H38N6O6. The van der Waals surface area contributed by atoms with E-state index in [0.717, 1.165) is 24.3 Å². The van der Waals surface area contributed by atoms with Gasteiger partial charge in [0, 0.05) is 32.2 Å². The lowest BCUT2D eigenvalue weighted by molar-refractivity contribution is -0.119. The molecule has 6 amide bonds. The first-order valence-electron chi connectivity index (χ1n) is 11.5. The Bertz CT molecular complexity index is 875. The van der Waals surface area contributed by atoms with E-state index in [1.54, 1.807) is 0 Å². The van der Waals surface area contributed by atoms with Crippen molar-refractivity contribution in [3.63, 3.8) is 0 Å². The summed E-state index contributed by atoms with van der Waals surface area (Å²) in [7, 11) is 0. The molecule has 0 aliphatic carbocycles. The SMILES string of the molecule is C=CC(=O)NCC(CNC(=O)C=C)NC(=O)C=C.C=CC(=O)NCCCC(CNC(=O)C=C)NC(=O)C=C. The Morgan fingerprint density at radius 3 is 1.16 bits per heavy atom. The number of rotatable bonds is 18. The summed E-state index contributed by atoms with van der Waals surface area (Å²) in [5.41, 5.74) is 0. The fourth-order valence-electron chi connectivity index (χ4n) is 2.44. The van der Waals surface area contributed by atoms with E-state index in [4.69, 9.17) is 0 Å². The maximum atomic E-state index is 11.3. The van der Waals surface area contributed by atoms with Gasteiger partial charge in [-0.1, -0.05) is 39.5 Å². The van der Waals surface area contributed by atoms with Gasteiger partial charge in [-0.2, -0.15) is 0 Å². The van der Waals surface area contributed by atoms with Gasteiger partial charge in [0.2, 0.25) is 35.4 Å². The second-order valence-corrected chi connectivity index (χ2v) is 7.30. The van der Waals surface area contributed by atoms with Gasteiger partial charge in [-0.3, -0.25) is 28.8 Å². The predicted octanol–water partition coefficient (Wildman–Crippen LogP) is -0.697. The van der Waals surface area contributed by atoms with Crippen LogP contribution in [0, 0.1) is 0 Å². The van der Waals surface area contributed by atoms with Crippen molar-refractivity contribution in [2.45, 2.75) is 24.9 Å². The number of carbonyl (C=O) groups excluding carboxylic acids is 6. The van der Waals surface area contributed by atoms with Gasteiger partial charge >= 0.3 is 0 Å². The molecule has 0 radical (unpaired) electrons. The van der Waals surface area contributed by atoms with Gasteiger partial charge in [0.1, 0.15) is 0 Å². The summed E-state index contributed by atoms with van der Waals surface area (Å²) in [6, 6.07) is -0.673. The van der Waals surface area contributed by atoms with Crippen molar-refractivity contribution in [3.05, 3.63) is 75.9 Å². The lowest BCUT2D eigenvalue weighted by Crippen LogP contribution is -2.49. The highest BCUT2D eigenvalue weighted by atomic mass is 16.2.